The van der Waals surface area contributed by atoms with Gasteiger partial charge in [-0.15, -0.1) is 11.3 Å². The molecule has 110 valence electrons. The van der Waals surface area contributed by atoms with Gasteiger partial charge in [0.15, 0.2) is 0 Å². The SMILES string of the molecule is CCc1cnc(CNC(=O)c2ccc([N+](=O)[O-])c(F)c2)s1. The van der Waals surface area contributed by atoms with E-state index in [1.165, 1.54) is 17.4 Å². The molecule has 2 aromatic rings. The molecule has 1 amide bonds. The molecule has 8 heteroatoms. The molecule has 0 fully saturated rings. The van der Waals surface area contributed by atoms with E-state index < -0.39 is 22.3 Å². The van der Waals surface area contributed by atoms with Crippen molar-refractivity contribution in [3.63, 3.8) is 0 Å². The molecule has 0 saturated carbocycles. The minimum atomic E-state index is -1.03. The molecular formula is C13H12FN3O3S. The number of nitrogens with zero attached hydrogens (tertiary/aromatic N) is 2. The monoisotopic (exact) mass is 309 g/mol. The normalized spacial score (nSPS) is 10.4. The van der Waals surface area contributed by atoms with Crippen molar-refractivity contribution >= 4 is 22.9 Å². The van der Waals surface area contributed by atoms with E-state index in [2.05, 4.69) is 10.3 Å². The molecule has 1 aromatic carbocycles. The number of hydrogen-bond acceptors (Lipinski definition) is 5. The number of thiazole rings is 1. The second kappa shape index (κ2) is 6.40. The Bertz CT molecular complexity index is 687. The van der Waals surface area contributed by atoms with Gasteiger partial charge in [-0.1, -0.05) is 6.92 Å². The van der Waals surface area contributed by atoms with Crippen molar-refractivity contribution in [1.82, 2.24) is 10.3 Å². The summed E-state index contributed by atoms with van der Waals surface area (Å²) in [7, 11) is 0. The summed E-state index contributed by atoms with van der Waals surface area (Å²) in [6.07, 6.45) is 2.62. The molecule has 1 aromatic heterocycles. The summed E-state index contributed by atoms with van der Waals surface area (Å²) in [5.41, 5.74) is -0.621. The summed E-state index contributed by atoms with van der Waals surface area (Å²) in [5.74, 6) is -1.53. The topological polar surface area (TPSA) is 85.1 Å². The second-order valence-corrected chi connectivity index (χ2v) is 5.38. The summed E-state index contributed by atoms with van der Waals surface area (Å²) in [4.78, 5) is 26.8. The Hall–Kier alpha value is -2.35. The van der Waals surface area contributed by atoms with Crippen LogP contribution in [0.4, 0.5) is 10.1 Å². The highest BCUT2D eigenvalue weighted by Gasteiger charge is 2.16. The van der Waals surface area contributed by atoms with Crippen molar-refractivity contribution in [1.29, 1.82) is 0 Å². The van der Waals surface area contributed by atoms with Crippen molar-refractivity contribution < 1.29 is 14.1 Å². The first-order chi connectivity index (χ1) is 10.0. The molecule has 0 saturated heterocycles. The number of rotatable bonds is 5. The molecule has 0 unspecified atom stereocenters. The number of halogens is 1. The van der Waals surface area contributed by atoms with Crippen molar-refractivity contribution in [2.24, 2.45) is 0 Å². The second-order valence-electron chi connectivity index (χ2n) is 4.18. The fourth-order valence-electron chi connectivity index (χ4n) is 1.65. The van der Waals surface area contributed by atoms with Crippen molar-refractivity contribution in [3.8, 4) is 0 Å². The van der Waals surface area contributed by atoms with Crippen LogP contribution in [0.3, 0.4) is 0 Å². The molecule has 0 bridgehead atoms. The minimum Gasteiger partial charge on any atom is -0.346 e. The number of hydrogen-bond donors (Lipinski definition) is 1. The molecule has 0 aliphatic carbocycles. The fourth-order valence-corrected chi connectivity index (χ4v) is 2.45. The highest BCUT2D eigenvalue weighted by atomic mass is 32.1. The number of carbonyl (C=O) groups excluding carboxylic acids is 1. The predicted octanol–water partition coefficient (Wildman–Crippen LogP) is 2.68. The van der Waals surface area contributed by atoms with Gasteiger partial charge in [0.2, 0.25) is 5.82 Å². The Labute approximate surface area is 123 Å². The van der Waals surface area contributed by atoms with Crippen LogP contribution in [0.2, 0.25) is 0 Å². The van der Waals surface area contributed by atoms with Crippen LogP contribution in [0.5, 0.6) is 0 Å². The van der Waals surface area contributed by atoms with E-state index in [1.54, 1.807) is 6.20 Å². The number of nitrogens with one attached hydrogen (secondary N) is 1. The van der Waals surface area contributed by atoms with E-state index in [4.69, 9.17) is 0 Å². The van der Waals surface area contributed by atoms with Gasteiger partial charge in [-0.2, -0.15) is 4.39 Å². The Morgan fingerprint density at radius 3 is 2.86 bits per heavy atom. The first kappa shape index (κ1) is 15.0. The standard InChI is InChI=1S/C13H12FN3O3S/c1-2-9-6-15-12(21-9)7-16-13(18)8-3-4-11(17(19)20)10(14)5-8/h3-6H,2,7H2,1H3,(H,16,18). The summed E-state index contributed by atoms with van der Waals surface area (Å²) in [5, 5.41) is 13.9. The quantitative estimate of drug-likeness (QED) is 0.679. The zero-order chi connectivity index (χ0) is 15.4. The smallest absolute Gasteiger partial charge is 0.304 e. The Morgan fingerprint density at radius 2 is 2.29 bits per heavy atom. The third-order valence-electron chi connectivity index (χ3n) is 2.76. The van der Waals surface area contributed by atoms with Gasteiger partial charge in [0.25, 0.3) is 5.91 Å². The maximum absolute atomic E-state index is 13.4. The Morgan fingerprint density at radius 1 is 1.52 bits per heavy atom. The Balaban J connectivity index is 2.03. The Kier molecular flexibility index (Phi) is 4.59. The van der Waals surface area contributed by atoms with Crippen molar-refractivity contribution in [2.45, 2.75) is 19.9 Å². The number of nitro groups is 1. The van der Waals surface area contributed by atoms with Gasteiger partial charge in [0, 0.05) is 22.7 Å². The summed E-state index contributed by atoms with van der Waals surface area (Å²) in [6.45, 7) is 2.25. The minimum absolute atomic E-state index is 0.0328. The number of aryl methyl sites for hydroxylation is 1. The van der Waals surface area contributed by atoms with Gasteiger partial charge in [-0.05, 0) is 18.6 Å². The average molecular weight is 309 g/mol. The van der Waals surface area contributed by atoms with E-state index in [-0.39, 0.29) is 12.1 Å². The highest BCUT2D eigenvalue weighted by Crippen LogP contribution is 2.18. The van der Waals surface area contributed by atoms with E-state index >= 15 is 0 Å². The van der Waals surface area contributed by atoms with E-state index in [1.807, 2.05) is 6.92 Å². The molecule has 0 radical (unpaired) electrons. The van der Waals surface area contributed by atoms with Gasteiger partial charge in [0.1, 0.15) is 5.01 Å². The lowest BCUT2D eigenvalue weighted by atomic mass is 10.2. The number of amides is 1. The summed E-state index contributed by atoms with van der Waals surface area (Å²) >= 11 is 1.49. The van der Waals surface area contributed by atoms with Gasteiger partial charge >= 0.3 is 5.69 Å². The van der Waals surface area contributed by atoms with Crippen molar-refractivity contribution in [3.05, 3.63) is 55.8 Å². The van der Waals surface area contributed by atoms with Crippen LogP contribution >= 0.6 is 11.3 Å². The molecule has 0 spiro atoms. The fraction of sp³-hybridized carbons (Fsp3) is 0.231. The predicted molar refractivity (Wildman–Crippen MR) is 75.7 cm³/mol. The molecule has 21 heavy (non-hydrogen) atoms. The first-order valence-electron chi connectivity index (χ1n) is 6.17. The lowest BCUT2D eigenvalue weighted by molar-refractivity contribution is -0.387. The first-order valence-corrected chi connectivity index (χ1v) is 6.98. The van der Waals surface area contributed by atoms with Crippen LogP contribution in [-0.2, 0) is 13.0 Å². The third-order valence-corrected chi connectivity index (χ3v) is 3.90. The molecular weight excluding hydrogens is 297 g/mol. The molecule has 1 heterocycles. The van der Waals surface area contributed by atoms with Crippen LogP contribution in [0.15, 0.2) is 24.4 Å². The van der Waals surface area contributed by atoms with E-state index in [9.17, 15) is 19.3 Å². The maximum atomic E-state index is 13.4. The zero-order valence-electron chi connectivity index (χ0n) is 11.1. The largest absolute Gasteiger partial charge is 0.346 e. The van der Waals surface area contributed by atoms with Crippen LogP contribution in [0.25, 0.3) is 0 Å². The van der Waals surface area contributed by atoms with Gasteiger partial charge in [-0.3, -0.25) is 14.9 Å². The molecule has 1 N–H and O–H groups in total. The third kappa shape index (κ3) is 3.60. The average Bonchev–Trinajstić information content (AvgIpc) is 2.92. The summed E-state index contributed by atoms with van der Waals surface area (Å²) in [6, 6.07) is 3.05. The van der Waals surface area contributed by atoms with Crippen LogP contribution < -0.4 is 5.32 Å². The van der Waals surface area contributed by atoms with Gasteiger partial charge in [0.05, 0.1) is 11.5 Å². The maximum Gasteiger partial charge on any atom is 0.304 e. The number of benzene rings is 1. The number of carbonyl (C=O) groups is 1. The van der Waals surface area contributed by atoms with Crippen LogP contribution in [0.1, 0.15) is 27.2 Å². The summed E-state index contributed by atoms with van der Waals surface area (Å²) < 4.78 is 13.4. The molecule has 0 aliphatic heterocycles. The van der Waals surface area contributed by atoms with Gasteiger partial charge < -0.3 is 5.32 Å². The van der Waals surface area contributed by atoms with E-state index in [0.717, 1.165) is 28.4 Å². The van der Waals surface area contributed by atoms with Crippen LogP contribution in [0, 0.1) is 15.9 Å². The number of aromatic nitrogens is 1. The lowest BCUT2D eigenvalue weighted by Gasteiger charge is -2.03. The molecule has 6 nitrogen and oxygen atoms in total. The molecule has 0 atom stereocenters. The van der Waals surface area contributed by atoms with E-state index in [0.29, 0.717) is 0 Å². The number of nitro benzene ring substituents is 1. The van der Waals surface area contributed by atoms with Gasteiger partial charge in [-0.25, -0.2) is 4.98 Å². The highest BCUT2D eigenvalue weighted by molar-refractivity contribution is 7.11. The molecule has 0 aliphatic rings. The molecule has 2 rings (SSSR count). The van der Waals surface area contributed by atoms with Crippen molar-refractivity contribution in [2.75, 3.05) is 0 Å². The van der Waals surface area contributed by atoms with Crippen LogP contribution in [-0.4, -0.2) is 15.8 Å². The zero-order valence-corrected chi connectivity index (χ0v) is 11.9. The lowest BCUT2D eigenvalue weighted by Crippen LogP contribution is -2.22.